The van der Waals surface area contributed by atoms with Crippen molar-refractivity contribution in [2.24, 2.45) is 22.7 Å². The molecule has 0 aromatic rings. The number of nitrogens with zero attached hydrogens (tertiary/aromatic N) is 1. The Hall–Kier alpha value is -0.530. The Kier molecular flexibility index (Phi) is 4.61. The van der Waals surface area contributed by atoms with Crippen molar-refractivity contribution in [1.29, 1.82) is 0 Å². The molecule has 0 aliphatic carbocycles. The number of hydrogen-bond donors (Lipinski definition) is 0. The zero-order chi connectivity index (χ0) is 13.3. The molecule has 0 N–H and O–H groups in total. The third-order valence-electron chi connectivity index (χ3n) is 3.51. The first kappa shape index (κ1) is 15.5. The number of carbonyl (C=O) groups excluding carboxylic acids is 1. The second kappa shape index (κ2) is 4.77. The van der Waals surface area contributed by atoms with Crippen LogP contribution in [0.2, 0.25) is 0 Å². The summed E-state index contributed by atoms with van der Waals surface area (Å²) in [6.07, 6.45) is 0. The Balaban J connectivity index is 5.21. The van der Waals surface area contributed by atoms with Crippen LogP contribution in [0.25, 0.3) is 0 Å². The average Bonchev–Trinajstić information content (AvgIpc) is 1.99. The van der Waals surface area contributed by atoms with Crippen LogP contribution in [-0.2, 0) is 4.79 Å². The van der Waals surface area contributed by atoms with Gasteiger partial charge in [-0.3, -0.25) is 4.79 Å². The first-order chi connectivity index (χ1) is 6.89. The minimum absolute atomic E-state index is 0.00799. The second-order valence-corrected chi connectivity index (χ2v) is 7.23. The van der Waals surface area contributed by atoms with Gasteiger partial charge in [-0.1, -0.05) is 48.5 Å². The van der Waals surface area contributed by atoms with Gasteiger partial charge in [0.05, 0.1) is 0 Å². The molecule has 0 saturated carbocycles. The van der Waals surface area contributed by atoms with Crippen molar-refractivity contribution in [3.8, 4) is 0 Å². The largest absolute Gasteiger partial charge is 0.349 e. The maximum atomic E-state index is 12.3. The molecular weight excluding hydrogens is 198 g/mol. The zero-order valence-corrected chi connectivity index (χ0v) is 12.5. The molecule has 2 nitrogen and oxygen atoms in total. The second-order valence-electron chi connectivity index (χ2n) is 7.23. The number of amides is 1. The lowest BCUT2D eigenvalue weighted by molar-refractivity contribution is -0.141. The van der Waals surface area contributed by atoms with Gasteiger partial charge < -0.3 is 4.90 Å². The molecule has 0 saturated heterocycles. The lowest BCUT2D eigenvalue weighted by Gasteiger charge is -2.41. The number of hydrogen-bond acceptors (Lipinski definition) is 1. The average molecular weight is 227 g/mol. The van der Waals surface area contributed by atoms with E-state index in [9.17, 15) is 4.79 Å². The van der Waals surface area contributed by atoms with E-state index < -0.39 is 0 Å². The standard InChI is InChI=1S/C14H29NO/c1-10(13(2,3)4)11(14(5,6)7)12(16)15(8)9/h10-11H,1-9H3/t10-,11-/m0/s1. The molecule has 16 heavy (non-hydrogen) atoms. The van der Waals surface area contributed by atoms with Crippen LogP contribution in [0.4, 0.5) is 0 Å². The summed E-state index contributed by atoms with van der Waals surface area (Å²) in [7, 11) is 3.69. The molecule has 0 aliphatic heterocycles. The van der Waals surface area contributed by atoms with Gasteiger partial charge in [0.15, 0.2) is 0 Å². The van der Waals surface area contributed by atoms with Gasteiger partial charge in [0.25, 0.3) is 0 Å². The van der Waals surface area contributed by atoms with E-state index in [1.807, 2.05) is 14.1 Å². The highest BCUT2D eigenvalue weighted by molar-refractivity contribution is 5.79. The first-order valence-corrected chi connectivity index (χ1v) is 6.10. The maximum absolute atomic E-state index is 12.3. The minimum Gasteiger partial charge on any atom is -0.349 e. The summed E-state index contributed by atoms with van der Waals surface area (Å²) < 4.78 is 0. The van der Waals surface area contributed by atoms with Crippen LogP contribution >= 0.6 is 0 Å². The Morgan fingerprint density at radius 2 is 1.31 bits per heavy atom. The summed E-state index contributed by atoms with van der Waals surface area (Å²) in [4.78, 5) is 14.0. The molecule has 0 aromatic heterocycles. The Morgan fingerprint density at radius 3 is 1.50 bits per heavy atom. The predicted octanol–water partition coefficient (Wildman–Crippen LogP) is 3.42. The smallest absolute Gasteiger partial charge is 0.225 e. The SMILES string of the molecule is C[C@@H]([C@@H](C(=O)N(C)C)C(C)(C)C)C(C)(C)C. The lowest BCUT2D eigenvalue weighted by Crippen LogP contribution is -2.44. The van der Waals surface area contributed by atoms with Gasteiger partial charge in [0.2, 0.25) is 5.91 Å². The van der Waals surface area contributed by atoms with Gasteiger partial charge in [-0.2, -0.15) is 0 Å². The Bertz CT molecular complexity index is 242. The van der Waals surface area contributed by atoms with Crippen molar-refractivity contribution in [1.82, 2.24) is 4.90 Å². The molecule has 0 bridgehead atoms. The third kappa shape index (κ3) is 3.80. The molecule has 0 unspecified atom stereocenters. The van der Waals surface area contributed by atoms with E-state index >= 15 is 0 Å². The van der Waals surface area contributed by atoms with Crippen LogP contribution in [0.3, 0.4) is 0 Å². The molecule has 2 atom stereocenters. The van der Waals surface area contributed by atoms with Gasteiger partial charge in [-0.15, -0.1) is 0 Å². The van der Waals surface area contributed by atoms with Gasteiger partial charge in [-0.05, 0) is 16.7 Å². The van der Waals surface area contributed by atoms with Crippen LogP contribution in [0, 0.1) is 22.7 Å². The topological polar surface area (TPSA) is 20.3 Å². The third-order valence-corrected chi connectivity index (χ3v) is 3.51. The normalized spacial score (nSPS) is 16.8. The van der Waals surface area contributed by atoms with Crippen molar-refractivity contribution in [2.75, 3.05) is 14.1 Å². The molecule has 0 heterocycles. The molecule has 0 radical (unpaired) electrons. The van der Waals surface area contributed by atoms with E-state index in [2.05, 4.69) is 48.5 Å². The monoisotopic (exact) mass is 227 g/mol. The predicted molar refractivity (Wildman–Crippen MR) is 70.3 cm³/mol. The van der Waals surface area contributed by atoms with Crippen LogP contribution in [0.5, 0.6) is 0 Å². The Morgan fingerprint density at radius 1 is 0.938 bits per heavy atom. The molecule has 0 aromatic carbocycles. The highest BCUT2D eigenvalue weighted by Gasteiger charge is 2.41. The van der Waals surface area contributed by atoms with E-state index in [1.165, 1.54) is 0 Å². The highest BCUT2D eigenvalue weighted by Crippen LogP contribution is 2.41. The summed E-state index contributed by atoms with van der Waals surface area (Å²) in [6.45, 7) is 15.3. The van der Waals surface area contributed by atoms with Crippen molar-refractivity contribution in [2.45, 2.75) is 48.5 Å². The van der Waals surface area contributed by atoms with Crippen LogP contribution in [0.15, 0.2) is 0 Å². The summed E-state index contributed by atoms with van der Waals surface area (Å²) in [5.74, 6) is 0.680. The fourth-order valence-electron chi connectivity index (χ4n) is 2.11. The molecule has 96 valence electrons. The number of rotatable bonds is 2. The first-order valence-electron chi connectivity index (χ1n) is 6.10. The fraction of sp³-hybridized carbons (Fsp3) is 0.929. The lowest BCUT2D eigenvalue weighted by atomic mass is 9.64. The van der Waals surface area contributed by atoms with E-state index in [4.69, 9.17) is 0 Å². The van der Waals surface area contributed by atoms with E-state index in [-0.39, 0.29) is 22.7 Å². The quantitative estimate of drug-likeness (QED) is 0.708. The van der Waals surface area contributed by atoms with Crippen LogP contribution < -0.4 is 0 Å². The maximum Gasteiger partial charge on any atom is 0.225 e. The summed E-state index contributed by atoms with van der Waals surface area (Å²) in [5, 5.41) is 0. The Labute approximate surface area is 101 Å². The van der Waals surface area contributed by atoms with E-state index in [0.717, 1.165) is 0 Å². The van der Waals surface area contributed by atoms with Crippen molar-refractivity contribution in [3.63, 3.8) is 0 Å². The molecular formula is C14H29NO. The van der Waals surface area contributed by atoms with Crippen molar-refractivity contribution >= 4 is 5.91 Å². The van der Waals surface area contributed by atoms with E-state index in [0.29, 0.717) is 5.92 Å². The van der Waals surface area contributed by atoms with Crippen molar-refractivity contribution in [3.05, 3.63) is 0 Å². The summed E-state index contributed by atoms with van der Waals surface area (Å²) >= 11 is 0. The molecule has 0 fully saturated rings. The summed E-state index contributed by atoms with van der Waals surface area (Å²) in [5.41, 5.74) is 0.164. The van der Waals surface area contributed by atoms with Crippen molar-refractivity contribution < 1.29 is 4.79 Å². The van der Waals surface area contributed by atoms with Gasteiger partial charge in [0, 0.05) is 20.0 Å². The minimum atomic E-state index is 0.00799. The molecule has 0 spiro atoms. The van der Waals surface area contributed by atoms with Crippen LogP contribution in [0.1, 0.15) is 48.5 Å². The van der Waals surface area contributed by atoms with Gasteiger partial charge >= 0.3 is 0 Å². The van der Waals surface area contributed by atoms with Gasteiger partial charge in [-0.25, -0.2) is 0 Å². The van der Waals surface area contributed by atoms with Gasteiger partial charge in [0.1, 0.15) is 0 Å². The van der Waals surface area contributed by atoms with Crippen LogP contribution in [-0.4, -0.2) is 24.9 Å². The zero-order valence-electron chi connectivity index (χ0n) is 12.5. The molecule has 1 amide bonds. The molecule has 2 heteroatoms. The molecule has 0 rings (SSSR count). The fourth-order valence-corrected chi connectivity index (χ4v) is 2.11. The highest BCUT2D eigenvalue weighted by atomic mass is 16.2. The number of carbonyl (C=O) groups is 1. The molecule has 0 aliphatic rings. The summed E-state index contributed by atoms with van der Waals surface area (Å²) in [6, 6.07) is 0. The van der Waals surface area contributed by atoms with E-state index in [1.54, 1.807) is 4.90 Å².